The standard InChI is InChI=1S/C24H36N2O5.C22H33N3O5/c1-30-15-4-7-21(27)12-13-22(24(29)25-14-16-31-2)26-23(28)20-10-8-19(9-11-20)17-18-5-3-6-18;1-29-12-10-23-20(26)15-19(22(28)24-11-13-30-2)25-21(27)18-8-6-17(7-9-18)14-16-4-3-5-16/h8-11,18,22H,3-7,12-17H2,1-2H3,(H,25,29)(H,26,28);6-9,16,19H,3-5,10-15H2,1-2H3,(H,23,26)(H,24,28)(H,25,27)/t22-;19-/m00/s1/i2*1D,2D. The van der Waals surface area contributed by atoms with Crippen LogP contribution < -0.4 is 26.6 Å². The molecule has 15 nitrogen and oxygen atoms in total. The Hall–Kier alpha value is -4.70. The molecule has 0 radical (unpaired) electrons. The van der Waals surface area contributed by atoms with Crippen molar-refractivity contribution >= 4 is 35.3 Å². The molecule has 338 valence electrons. The summed E-state index contributed by atoms with van der Waals surface area (Å²) in [6.07, 6.45) is 10.6. The third-order valence-corrected chi connectivity index (χ3v) is 10.7. The van der Waals surface area contributed by atoms with Crippen molar-refractivity contribution in [3.63, 3.8) is 0 Å². The monoisotopic (exact) mass is 856 g/mol. The van der Waals surface area contributed by atoms with E-state index in [0.717, 1.165) is 24.7 Å². The average molecular weight is 856 g/mol. The van der Waals surface area contributed by atoms with Gasteiger partial charge >= 0.3 is 0 Å². The molecule has 15 heteroatoms. The zero-order chi connectivity index (χ0) is 47.1. The Bertz CT molecular complexity index is 1720. The Labute approximate surface area is 367 Å². The average Bonchev–Trinajstić information content (AvgIpc) is 3.28. The molecule has 2 aliphatic carbocycles. The third kappa shape index (κ3) is 20.1. The van der Waals surface area contributed by atoms with Gasteiger partial charge in [-0.2, -0.15) is 0 Å². The molecular formula is C46H69N5O10. The number of methoxy groups -OCH3 is 4. The van der Waals surface area contributed by atoms with Crippen LogP contribution in [-0.4, -0.2) is 122 Å². The van der Waals surface area contributed by atoms with E-state index < -0.39 is 29.8 Å². The molecule has 0 heterocycles. The number of carbonyl (C=O) groups is 6. The van der Waals surface area contributed by atoms with E-state index in [1.54, 1.807) is 24.3 Å². The smallest absolute Gasteiger partial charge is 0.251 e. The Balaban J connectivity index is 0.000000345. The first kappa shape index (κ1) is 44.4. The van der Waals surface area contributed by atoms with E-state index in [9.17, 15) is 28.8 Å². The van der Waals surface area contributed by atoms with Crippen LogP contribution in [0.4, 0.5) is 0 Å². The molecule has 5 amide bonds. The summed E-state index contributed by atoms with van der Waals surface area (Å²) in [5, 5.41) is 13.3. The molecule has 0 aliphatic heterocycles. The predicted octanol–water partition coefficient (Wildman–Crippen LogP) is 3.71. The van der Waals surface area contributed by atoms with Crippen LogP contribution in [0.15, 0.2) is 48.5 Å². The van der Waals surface area contributed by atoms with Crippen LogP contribution in [0, 0.1) is 11.8 Å². The molecule has 0 aromatic heterocycles. The summed E-state index contributed by atoms with van der Waals surface area (Å²) in [5.41, 5.74) is 3.28. The Kier molecular flexibility index (Phi) is 21.5. The maximum absolute atomic E-state index is 12.8. The minimum absolute atomic E-state index is 0.0199. The van der Waals surface area contributed by atoms with Crippen molar-refractivity contribution in [3.05, 3.63) is 70.8 Å². The normalized spacial score (nSPS) is 15.3. The van der Waals surface area contributed by atoms with Crippen LogP contribution in [0.2, 0.25) is 0 Å². The fourth-order valence-corrected chi connectivity index (χ4v) is 6.67. The molecular weight excluding hydrogens is 783 g/mol. The van der Waals surface area contributed by atoms with Gasteiger partial charge in [-0.15, -0.1) is 0 Å². The first-order chi connectivity index (χ1) is 31.6. The quantitative estimate of drug-likeness (QED) is 0.0787. The van der Waals surface area contributed by atoms with Crippen LogP contribution in [0.5, 0.6) is 0 Å². The lowest BCUT2D eigenvalue weighted by Gasteiger charge is -2.25. The molecule has 0 spiro atoms. The number of ketones is 1. The van der Waals surface area contributed by atoms with E-state index in [1.165, 1.54) is 49.7 Å². The first-order valence-electron chi connectivity index (χ1n) is 24.0. The summed E-state index contributed by atoms with van der Waals surface area (Å²) in [7, 11) is -0.731. The summed E-state index contributed by atoms with van der Waals surface area (Å²) in [6, 6.07) is 12.9. The lowest BCUT2D eigenvalue weighted by molar-refractivity contribution is -0.128. The SMILES string of the molecule is [2H]COCCCC(=O)CC[C@H](NC(=O)c1ccc(CC2CCC2)cc1)C(=O)NCCOC[2H].[2H]COCCNC(=O)C[C@H](NC(=O)c1ccc(CC2CCC2)cc1)C(=O)NCCOC[2H]. The Morgan fingerprint density at radius 1 is 0.590 bits per heavy atom. The van der Waals surface area contributed by atoms with Crippen molar-refractivity contribution in [2.45, 2.75) is 95.6 Å². The number of carbonyl (C=O) groups excluding carboxylic acids is 6. The van der Waals surface area contributed by atoms with Crippen molar-refractivity contribution in [2.24, 2.45) is 11.8 Å². The Morgan fingerprint density at radius 2 is 1.03 bits per heavy atom. The molecule has 2 aromatic rings. The number of hydrogen-bond acceptors (Lipinski definition) is 10. The van der Waals surface area contributed by atoms with Crippen LogP contribution in [-0.2, 0) is 51.0 Å². The van der Waals surface area contributed by atoms with Gasteiger partial charge in [0.05, 0.1) is 31.7 Å². The van der Waals surface area contributed by atoms with Gasteiger partial charge in [0.2, 0.25) is 17.7 Å². The van der Waals surface area contributed by atoms with E-state index in [0.29, 0.717) is 30.6 Å². The van der Waals surface area contributed by atoms with Crippen molar-refractivity contribution in [1.82, 2.24) is 26.6 Å². The highest BCUT2D eigenvalue weighted by Crippen LogP contribution is 2.30. The van der Waals surface area contributed by atoms with Gasteiger partial charge in [-0.1, -0.05) is 62.8 Å². The zero-order valence-electron chi connectivity index (χ0n) is 39.5. The van der Waals surface area contributed by atoms with Gasteiger partial charge in [0.1, 0.15) is 17.9 Å². The van der Waals surface area contributed by atoms with Crippen LogP contribution >= 0.6 is 0 Å². The molecule has 5 N–H and O–H groups in total. The number of benzene rings is 2. The number of hydrogen-bond donors (Lipinski definition) is 5. The number of ether oxygens (including phenoxy) is 4. The van der Waals surface area contributed by atoms with Crippen LogP contribution in [0.3, 0.4) is 0 Å². The zero-order valence-corrected chi connectivity index (χ0v) is 35.5. The van der Waals surface area contributed by atoms with Gasteiger partial charge in [-0.05, 0) is 72.9 Å². The highest BCUT2D eigenvalue weighted by molar-refractivity contribution is 5.99. The fraction of sp³-hybridized carbons (Fsp3) is 0.609. The largest absolute Gasteiger partial charge is 0.385 e. The van der Waals surface area contributed by atoms with Crippen LogP contribution in [0.25, 0.3) is 0 Å². The van der Waals surface area contributed by atoms with Gasteiger partial charge < -0.3 is 45.5 Å². The second kappa shape index (κ2) is 29.5. The predicted molar refractivity (Wildman–Crippen MR) is 232 cm³/mol. The van der Waals surface area contributed by atoms with Gasteiger partial charge in [0.25, 0.3) is 11.8 Å². The van der Waals surface area contributed by atoms with E-state index in [4.69, 9.17) is 24.4 Å². The second-order valence-electron chi connectivity index (χ2n) is 15.4. The molecule has 2 fully saturated rings. The van der Waals surface area contributed by atoms with Crippen molar-refractivity contribution < 1.29 is 53.2 Å². The van der Waals surface area contributed by atoms with Gasteiger partial charge in [0.15, 0.2) is 0 Å². The summed E-state index contributed by atoms with van der Waals surface area (Å²) in [6.45, 7) is 1.50. The van der Waals surface area contributed by atoms with Gasteiger partial charge in [0, 0.05) is 78.6 Å². The lowest BCUT2D eigenvalue weighted by atomic mass is 9.81. The van der Waals surface area contributed by atoms with E-state index in [-0.39, 0.29) is 105 Å². The van der Waals surface area contributed by atoms with Crippen LogP contribution in [0.1, 0.15) is 108 Å². The topological polar surface area (TPSA) is 199 Å². The van der Waals surface area contributed by atoms with E-state index >= 15 is 0 Å². The van der Waals surface area contributed by atoms with E-state index in [2.05, 4.69) is 26.6 Å². The van der Waals surface area contributed by atoms with Crippen molar-refractivity contribution in [2.75, 3.05) is 74.4 Å². The molecule has 61 heavy (non-hydrogen) atoms. The highest BCUT2D eigenvalue weighted by Gasteiger charge is 2.26. The molecule has 0 saturated heterocycles. The molecule has 2 aromatic carbocycles. The summed E-state index contributed by atoms with van der Waals surface area (Å²) in [5.74, 6) is -0.655. The molecule has 4 rings (SSSR count). The molecule has 2 saturated carbocycles. The molecule has 2 atom stereocenters. The fourth-order valence-electron chi connectivity index (χ4n) is 6.67. The third-order valence-electron chi connectivity index (χ3n) is 10.7. The lowest BCUT2D eigenvalue weighted by Crippen LogP contribution is -2.49. The number of nitrogens with one attached hydrogen (secondary N) is 5. The number of rotatable bonds is 28. The molecule has 2 aliphatic rings. The second-order valence-corrected chi connectivity index (χ2v) is 15.4. The molecule has 0 bridgehead atoms. The Morgan fingerprint density at radius 3 is 1.49 bits per heavy atom. The highest BCUT2D eigenvalue weighted by atomic mass is 16.5. The summed E-state index contributed by atoms with van der Waals surface area (Å²) >= 11 is 0. The maximum Gasteiger partial charge on any atom is 0.251 e. The minimum atomic E-state index is -1.06. The summed E-state index contributed by atoms with van der Waals surface area (Å²) < 4.78 is 47.3. The van der Waals surface area contributed by atoms with Gasteiger partial charge in [-0.3, -0.25) is 28.8 Å². The maximum atomic E-state index is 12.8. The summed E-state index contributed by atoms with van der Waals surface area (Å²) in [4.78, 5) is 75.0. The van der Waals surface area contributed by atoms with Crippen molar-refractivity contribution in [3.8, 4) is 0 Å². The number of amides is 5. The van der Waals surface area contributed by atoms with E-state index in [1.807, 2.05) is 24.3 Å². The van der Waals surface area contributed by atoms with Gasteiger partial charge in [-0.25, -0.2) is 0 Å². The van der Waals surface area contributed by atoms with Crippen molar-refractivity contribution in [1.29, 1.82) is 0 Å². The number of Topliss-reactive ketones (excluding diaryl/α,β-unsaturated/α-hetero) is 1. The first-order valence-corrected chi connectivity index (χ1v) is 21.2. The minimum Gasteiger partial charge on any atom is -0.385 e. The molecule has 0 unspecified atom stereocenters.